The highest BCUT2D eigenvalue weighted by Crippen LogP contribution is 2.15. The Morgan fingerprint density at radius 2 is 2.28 bits per heavy atom. The van der Waals surface area contributed by atoms with Gasteiger partial charge in [0.25, 0.3) is 0 Å². The van der Waals surface area contributed by atoms with E-state index in [0.29, 0.717) is 12.5 Å². The Bertz CT molecular complexity index is 397. The molecule has 0 spiro atoms. The van der Waals surface area contributed by atoms with E-state index in [1.54, 1.807) is 0 Å². The molecule has 1 aromatic rings. The minimum atomic E-state index is -0.00511. The summed E-state index contributed by atoms with van der Waals surface area (Å²) in [7, 11) is 0. The molecule has 0 saturated carbocycles. The van der Waals surface area contributed by atoms with Crippen molar-refractivity contribution in [1.29, 1.82) is 0 Å². The summed E-state index contributed by atoms with van der Waals surface area (Å²) in [5.41, 5.74) is 0. The Labute approximate surface area is 111 Å². The average Bonchev–Trinajstić information content (AvgIpc) is 2.77. The number of halogens is 1. The SMILES string of the molecule is CC(C)Oc1nc(Cl)nc(NCC2CCCO2)n1. The van der Waals surface area contributed by atoms with Crippen LogP contribution in [0.25, 0.3) is 0 Å². The molecular formula is C11H17ClN4O2. The Morgan fingerprint density at radius 3 is 2.94 bits per heavy atom. The third-order valence-electron chi connectivity index (χ3n) is 2.44. The lowest BCUT2D eigenvalue weighted by atomic mass is 10.2. The van der Waals surface area contributed by atoms with Crippen molar-refractivity contribution in [1.82, 2.24) is 15.0 Å². The zero-order valence-electron chi connectivity index (χ0n) is 10.5. The van der Waals surface area contributed by atoms with E-state index in [2.05, 4.69) is 20.3 Å². The number of rotatable bonds is 5. The van der Waals surface area contributed by atoms with Crippen molar-refractivity contribution in [2.45, 2.75) is 38.9 Å². The van der Waals surface area contributed by atoms with Crippen LogP contribution in [0.1, 0.15) is 26.7 Å². The second-order valence-corrected chi connectivity index (χ2v) is 4.73. The lowest BCUT2D eigenvalue weighted by Crippen LogP contribution is -2.20. The minimum absolute atomic E-state index is 0.00511. The molecule has 18 heavy (non-hydrogen) atoms. The van der Waals surface area contributed by atoms with Crippen LogP contribution in [0.4, 0.5) is 5.95 Å². The molecule has 1 aliphatic rings. The van der Waals surface area contributed by atoms with Gasteiger partial charge in [-0.05, 0) is 38.3 Å². The first-order valence-corrected chi connectivity index (χ1v) is 6.45. The van der Waals surface area contributed by atoms with E-state index < -0.39 is 0 Å². The molecule has 1 saturated heterocycles. The third kappa shape index (κ3) is 3.96. The predicted octanol–water partition coefficient (Wildman–Crippen LogP) is 1.90. The largest absolute Gasteiger partial charge is 0.461 e. The lowest BCUT2D eigenvalue weighted by Gasteiger charge is -2.12. The van der Waals surface area contributed by atoms with E-state index in [-0.39, 0.29) is 23.5 Å². The number of anilines is 1. The number of nitrogens with zero attached hydrogens (tertiary/aromatic N) is 3. The molecule has 1 atom stereocenters. The van der Waals surface area contributed by atoms with Crippen LogP contribution in [-0.2, 0) is 4.74 Å². The molecule has 1 unspecified atom stereocenters. The van der Waals surface area contributed by atoms with Crippen LogP contribution in [0.15, 0.2) is 0 Å². The summed E-state index contributed by atoms with van der Waals surface area (Å²) in [5, 5.41) is 3.21. The van der Waals surface area contributed by atoms with Crippen molar-refractivity contribution in [3.8, 4) is 6.01 Å². The molecule has 1 N–H and O–H groups in total. The molecule has 1 aliphatic heterocycles. The summed E-state index contributed by atoms with van der Waals surface area (Å²) in [5.74, 6) is 0.418. The fourth-order valence-corrected chi connectivity index (χ4v) is 1.84. The van der Waals surface area contributed by atoms with Gasteiger partial charge in [0.2, 0.25) is 11.2 Å². The smallest absolute Gasteiger partial charge is 0.322 e. The summed E-state index contributed by atoms with van der Waals surface area (Å²) in [6.07, 6.45) is 2.37. The van der Waals surface area contributed by atoms with Gasteiger partial charge in [-0.15, -0.1) is 0 Å². The van der Waals surface area contributed by atoms with E-state index in [1.807, 2.05) is 13.8 Å². The molecule has 0 aliphatic carbocycles. The molecular weight excluding hydrogens is 256 g/mol. The summed E-state index contributed by atoms with van der Waals surface area (Å²) >= 11 is 5.82. The van der Waals surface area contributed by atoms with Crippen molar-refractivity contribution in [3.63, 3.8) is 0 Å². The van der Waals surface area contributed by atoms with Crippen LogP contribution in [-0.4, -0.2) is 40.3 Å². The summed E-state index contributed by atoms with van der Waals surface area (Å²) < 4.78 is 10.9. The van der Waals surface area contributed by atoms with E-state index in [4.69, 9.17) is 21.1 Å². The Hall–Kier alpha value is -1.14. The van der Waals surface area contributed by atoms with E-state index in [9.17, 15) is 0 Å². The van der Waals surface area contributed by atoms with Gasteiger partial charge < -0.3 is 14.8 Å². The highest BCUT2D eigenvalue weighted by molar-refractivity contribution is 6.28. The first kappa shape index (κ1) is 13.3. The van der Waals surface area contributed by atoms with Crippen molar-refractivity contribution < 1.29 is 9.47 Å². The summed E-state index contributed by atoms with van der Waals surface area (Å²) in [6, 6.07) is 0.236. The molecule has 2 rings (SSSR count). The van der Waals surface area contributed by atoms with Gasteiger partial charge >= 0.3 is 6.01 Å². The topological polar surface area (TPSA) is 69.2 Å². The van der Waals surface area contributed by atoms with Crippen LogP contribution in [0, 0.1) is 0 Å². The fourth-order valence-electron chi connectivity index (χ4n) is 1.68. The average molecular weight is 273 g/mol. The monoisotopic (exact) mass is 272 g/mol. The Morgan fingerprint density at radius 1 is 1.44 bits per heavy atom. The number of aromatic nitrogens is 3. The van der Waals surface area contributed by atoms with Gasteiger partial charge in [0.1, 0.15) is 0 Å². The second kappa shape index (κ2) is 6.15. The van der Waals surface area contributed by atoms with Gasteiger partial charge in [-0.25, -0.2) is 0 Å². The molecule has 1 fully saturated rings. The van der Waals surface area contributed by atoms with Gasteiger partial charge in [0, 0.05) is 13.2 Å². The number of hydrogen-bond acceptors (Lipinski definition) is 6. The van der Waals surface area contributed by atoms with Crippen LogP contribution in [0.5, 0.6) is 6.01 Å². The van der Waals surface area contributed by atoms with Crippen LogP contribution in [0.2, 0.25) is 5.28 Å². The summed E-state index contributed by atoms with van der Waals surface area (Å²) in [4.78, 5) is 12.0. The Kier molecular flexibility index (Phi) is 4.54. The molecule has 2 heterocycles. The zero-order valence-corrected chi connectivity index (χ0v) is 11.3. The molecule has 0 aromatic carbocycles. The van der Waals surface area contributed by atoms with Crippen molar-refractivity contribution in [2.24, 2.45) is 0 Å². The van der Waals surface area contributed by atoms with Crippen molar-refractivity contribution in [3.05, 3.63) is 5.28 Å². The van der Waals surface area contributed by atoms with Crippen LogP contribution < -0.4 is 10.1 Å². The first-order valence-electron chi connectivity index (χ1n) is 6.07. The van der Waals surface area contributed by atoms with Crippen LogP contribution in [0.3, 0.4) is 0 Å². The van der Waals surface area contributed by atoms with Gasteiger partial charge in [0.05, 0.1) is 12.2 Å². The molecule has 1 aromatic heterocycles. The molecule has 0 radical (unpaired) electrons. The van der Waals surface area contributed by atoms with Crippen molar-refractivity contribution >= 4 is 17.5 Å². The molecule has 0 bridgehead atoms. The third-order valence-corrected chi connectivity index (χ3v) is 2.61. The van der Waals surface area contributed by atoms with Crippen LogP contribution >= 0.6 is 11.6 Å². The normalized spacial score (nSPS) is 19.2. The summed E-state index contributed by atoms with van der Waals surface area (Å²) in [6.45, 7) is 5.29. The van der Waals surface area contributed by atoms with Gasteiger partial charge in [-0.2, -0.15) is 15.0 Å². The van der Waals surface area contributed by atoms with E-state index in [0.717, 1.165) is 19.4 Å². The molecule has 0 amide bonds. The molecule has 100 valence electrons. The number of nitrogens with one attached hydrogen (secondary N) is 1. The first-order chi connectivity index (χ1) is 8.63. The standard InChI is InChI=1S/C11H17ClN4O2/c1-7(2)18-11-15-9(12)14-10(16-11)13-6-8-4-3-5-17-8/h7-8H,3-6H2,1-2H3,(H,13,14,15,16). The van der Waals surface area contributed by atoms with E-state index in [1.165, 1.54) is 0 Å². The quantitative estimate of drug-likeness (QED) is 0.883. The maximum Gasteiger partial charge on any atom is 0.322 e. The molecule has 7 heteroatoms. The zero-order chi connectivity index (χ0) is 13.0. The number of hydrogen-bond donors (Lipinski definition) is 1. The fraction of sp³-hybridized carbons (Fsp3) is 0.727. The minimum Gasteiger partial charge on any atom is -0.461 e. The van der Waals surface area contributed by atoms with Crippen molar-refractivity contribution in [2.75, 3.05) is 18.5 Å². The van der Waals surface area contributed by atoms with Gasteiger partial charge in [0.15, 0.2) is 0 Å². The van der Waals surface area contributed by atoms with Gasteiger partial charge in [-0.3, -0.25) is 0 Å². The maximum absolute atomic E-state index is 5.82. The molecule has 6 nitrogen and oxygen atoms in total. The Balaban J connectivity index is 1.96. The van der Waals surface area contributed by atoms with Gasteiger partial charge in [-0.1, -0.05) is 0 Å². The lowest BCUT2D eigenvalue weighted by molar-refractivity contribution is 0.120. The highest BCUT2D eigenvalue weighted by Gasteiger charge is 2.16. The predicted molar refractivity (Wildman–Crippen MR) is 68.1 cm³/mol. The highest BCUT2D eigenvalue weighted by atomic mass is 35.5. The number of ether oxygens (including phenoxy) is 2. The van der Waals surface area contributed by atoms with E-state index >= 15 is 0 Å². The maximum atomic E-state index is 5.82. The second-order valence-electron chi connectivity index (χ2n) is 4.39.